The molecule has 20 heavy (non-hydrogen) atoms. The molecule has 0 aliphatic rings. The van der Waals surface area contributed by atoms with Crippen molar-refractivity contribution < 1.29 is 13.2 Å². The Kier molecular flexibility index (Phi) is 7.20. The van der Waals surface area contributed by atoms with E-state index in [0.29, 0.717) is 5.75 Å². The fraction of sp³-hybridized carbons (Fsp3) is 0.625. The van der Waals surface area contributed by atoms with Crippen molar-refractivity contribution >= 4 is 8.32 Å². The van der Waals surface area contributed by atoms with E-state index >= 15 is 0 Å². The molecule has 1 nitrogen and oxygen atoms in total. The minimum absolute atomic E-state index is 0.324. The van der Waals surface area contributed by atoms with Crippen LogP contribution in [-0.4, -0.2) is 8.32 Å². The molecule has 0 amide bonds. The van der Waals surface area contributed by atoms with Crippen molar-refractivity contribution in [2.75, 3.05) is 0 Å². The number of benzene rings is 1. The largest absolute Gasteiger partial charge is 0.544 e. The zero-order valence-corrected chi connectivity index (χ0v) is 13.8. The molecule has 0 N–H and O–H groups in total. The highest BCUT2D eigenvalue weighted by molar-refractivity contribution is 6.71. The maximum absolute atomic E-state index is 13.1. The Morgan fingerprint density at radius 1 is 0.900 bits per heavy atom. The fourth-order valence-corrected chi connectivity index (χ4v) is 4.25. The summed E-state index contributed by atoms with van der Waals surface area (Å²) in [4.78, 5) is 0. The highest BCUT2D eigenvalue weighted by atomic mass is 28.4. The summed E-state index contributed by atoms with van der Waals surface area (Å²) in [5.41, 5.74) is 0. The van der Waals surface area contributed by atoms with Crippen LogP contribution < -0.4 is 4.43 Å². The predicted octanol–water partition coefficient (Wildman–Crippen LogP) is 5.91. The zero-order valence-electron chi connectivity index (χ0n) is 12.8. The lowest BCUT2D eigenvalue weighted by molar-refractivity contribution is 0.513. The third-order valence-electron chi connectivity index (χ3n) is 3.36. The molecule has 0 heterocycles. The second kappa shape index (κ2) is 8.40. The molecule has 0 unspecified atom stereocenters. The normalized spacial score (nSPS) is 11.7. The van der Waals surface area contributed by atoms with Gasteiger partial charge in [-0.1, -0.05) is 45.4 Å². The summed E-state index contributed by atoms with van der Waals surface area (Å²) in [6.07, 6.45) is 7.49. The van der Waals surface area contributed by atoms with Gasteiger partial charge < -0.3 is 4.43 Å². The summed E-state index contributed by atoms with van der Waals surface area (Å²) in [5, 5.41) is 0. The number of halogens is 2. The lowest BCUT2D eigenvalue weighted by Crippen LogP contribution is -2.33. The number of hydrogen-bond acceptors (Lipinski definition) is 1. The Hall–Kier alpha value is -0.903. The van der Waals surface area contributed by atoms with Crippen molar-refractivity contribution in [2.24, 2.45) is 0 Å². The molecule has 114 valence electrons. The molecule has 0 spiro atoms. The van der Waals surface area contributed by atoms with Crippen LogP contribution in [-0.2, 0) is 0 Å². The van der Waals surface area contributed by atoms with Gasteiger partial charge in [0.15, 0.2) is 0 Å². The van der Waals surface area contributed by atoms with Crippen molar-refractivity contribution in [3.05, 3.63) is 29.8 Å². The van der Waals surface area contributed by atoms with E-state index in [2.05, 4.69) is 20.0 Å². The van der Waals surface area contributed by atoms with Gasteiger partial charge in [0.05, 0.1) is 0 Å². The highest BCUT2D eigenvalue weighted by Crippen LogP contribution is 2.23. The van der Waals surface area contributed by atoms with Crippen molar-refractivity contribution in [2.45, 2.75) is 64.6 Å². The van der Waals surface area contributed by atoms with E-state index in [-0.39, 0.29) is 0 Å². The van der Waals surface area contributed by atoms with Crippen molar-refractivity contribution in [1.82, 2.24) is 0 Å². The number of unbranched alkanes of at least 4 members (excludes halogenated alkanes) is 5. The van der Waals surface area contributed by atoms with E-state index in [1.165, 1.54) is 44.2 Å². The lowest BCUT2D eigenvalue weighted by atomic mass is 10.1. The molecule has 1 rings (SSSR count). The van der Waals surface area contributed by atoms with Crippen LogP contribution >= 0.6 is 0 Å². The number of hydrogen-bond donors (Lipinski definition) is 0. The van der Waals surface area contributed by atoms with Crippen molar-refractivity contribution in [1.29, 1.82) is 0 Å². The SMILES string of the molecule is CCCCCCCC[Si](C)(C)Oc1cc(F)cc(F)c1. The third-order valence-corrected chi connectivity index (χ3v) is 5.71. The fourth-order valence-electron chi connectivity index (χ4n) is 2.29. The Morgan fingerprint density at radius 3 is 2.05 bits per heavy atom. The second-order valence-corrected chi connectivity index (χ2v) is 10.2. The van der Waals surface area contributed by atoms with E-state index in [1.807, 2.05) is 0 Å². The Balaban J connectivity index is 2.36. The van der Waals surface area contributed by atoms with Crippen LogP contribution in [0.2, 0.25) is 19.1 Å². The van der Waals surface area contributed by atoms with Gasteiger partial charge in [-0.25, -0.2) is 8.78 Å². The molecule has 4 heteroatoms. The summed E-state index contributed by atoms with van der Waals surface area (Å²) in [5.74, 6) is -0.834. The quantitative estimate of drug-likeness (QED) is 0.407. The van der Waals surface area contributed by atoms with Gasteiger partial charge in [-0.2, -0.15) is 0 Å². The predicted molar refractivity (Wildman–Crippen MR) is 82.7 cm³/mol. The molecule has 0 fully saturated rings. The molecule has 0 radical (unpaired) electrons. The Morgan fingerprint density at radius 2 is 1.45 bits per heavy atom. The first kappa shape index (κ1) is 17.1. The standard InChI is InChI=1S/C16H26F2OSi/c1-4-5-6-7-8-9-10-20(2,3)19-16-12-14(17)11-15(18)13-16/h11-13H,4-10H2,1-3H3. The lowest BCUT2D eigenvalue weighted by Gasteiger charge is -2.24. The molecule has 0 aliphatic carbocycles. The first-order chi connectivity index (χ1) is 9.43. The molecule has 0 bridgehead atoms. The van der Waals surface area contributed by atoms with Gasteiger partial charge in [0.25, 0.3) is 0 Å². The summed E-state index contributed by atoms with van der Waals surface area (Å²) in [6.45, 7) is 6.41. The van der Waals surface area contributed by atoms with E-state index in [1.54, 1.807) is 0 Å². The smallest absolute Gasteiger partial charge is 0.245 e. The molecule has 0 saturated heterocycles. The Bertz CT molecular complexity index is 387. The summed E-state index contributed by atoms with van der Waals surface area (Å²) < 4.78 is 32.1. The first-order valence-corrected chi connectivity index (χ1v) is 10.7. The van der Waals surface area contributed by atoms with Crippen LogP contribution in [0.5, 0.6) is 5.75 Å². The van der Waals surface area contributed by atoms with Crippen molar-refractivity contribution in [3.63, 3.8) is 0 Å². The van der Waals surface area contributed by atoms with Gasteiger partial charge in [-0.15, -0.1) is 0 Å². The summed E-state index contributed by atoms with van der Waals surface area (Å²) in [6, 6.07) is 4.42. The van der Waals surface area contributed by atoms with Gasteiger partial charge in [0, 0.05) is 18.2 Å². The minimum Gasteiger partial charge on any atom is -0.544 e. The maximum Gasteiger partial charge on any atom is 0.245 e. The average molecular weight is 300 g/mol. The molecule has 0 atom stereocenters. The van der Waals surface area contributed by atoms with Gasteiger partial charge in [0.1, 0.15) is 17.4 Å². The van der Waals surface area contributed by atoms with Crippen molar-refractivity contribution in [3.8, 4) is 5.75 Å². The highest BCUT2D eigenvalue weighted by Gasteiger charge is 2.24. The van der Waals surface area contributed by atoms with Crippen LogP contribution in [0, 0.1) is 11.6 Å². The third kappa shape index (κ3) is 7.03. The molecule has 0 aliphatic heterocycles. The first-order valence-electron chi connectivity index (χ1n) is 7.58. The van der Waals surface area contributed by atoms with Crippen LogP contribution in [0.25, 0.3) is 0 Å². The van der Waals surface area contributed by atoms with Gasteiger partial charge in [0.2, 0.25) is 8.32 Å². The zero-order chi connectivity index (χ0) is 15.0. The van der Waals surface area contributed by atoms with E-state index < -0.39 is 20.0 Å². The summed E-state index contributed by atoms with van der Waals surface area (Å²) >= 11 is 0. The molecular formula is C16H26F2OSi. The average Bonchev–Trinajstić information content (AvgIpc) is 2.31. The van der Waals surface area contributed by atoms with Gasteiger partial charge >= 0.3 is 0 Å². The monoisotopic (exact) mass is 300 g/mol. The number of rotatable bonds is 9. The van der Waals surface area contributed by atoms with Crippen LogP contribution in [0.4, 0.5) is 8.78 Å². The van der Waals surface area contributed by atoms with Gasteiger partial charge in [-0.05, 0) is 19.1 Å². The van der Waals surface area contributed by atoms with Crippen LogP contribution in [0.1, 0.15) is 45.4 Å². The van der Waals surface area contributed by atoms with E-state index in [0.717, 1.165) is 18.5 Å². The molecular weight excluding hydrogens is 274 g/mol. The van der Waals surface area contributed by atoms with E-state index in [4.69, 9.17) is 4.43 Å². The van der Waals surface area contributed by atoms with Crippen LogP contribution in [0.3, 0.4) is 0 Å². The second-order valence-electron chi connectivity index (χ2n) is 5.98. The maximum atomic E-state index is 13.1. The molecule has 0 saturated carbocycles. The molecule has 1 aromatic carbocycles. The van der Waals surface area contributed by atoms with Gasteiger partial charge in [-0.3, -0.25) is 0 Å². The molecule has 1 aromatic rings. The molecule has 0 aromatic heterocycles. The topological polar surface area (TPSA) is 9.23 Å². The van der Waals surface area contributed by atoms with Crippen LogP contribution in [0.15, 0.2) is 18.2 Å². The Labute approximate surface area is 122 Å². The summed E-state index contributed by atoms with van der Waals surface area (Å²) in [7, 11) is -1.89. The minimum atomic E-state index is -1.89. The van der Waals surface area contributed by atoms with E-state index in [9.17, 15) is 8.78 Å².